The largest absolute Gasteiger partial charge is 0.480 e. The Hall–Kier alpha value is -1.66. The van der Waals surface area contributed by atoms with Crippen LogP contribution in [0.3, 0.4) is 0 Å². The third-order valence-corrected chi connectivity index (χ3v) is 4.12. The van der Waals surface area contributed by atoms with Gasteiger partial charge in [-0.05, 0) is 5.41 Å². The summed E-state index contributed by atoms with van der Waals surface area (Å²) in [6, 6.07) is -0.537. The number of piperazine rings is 1. The summed E-state index contributed by atoms with van der Waals surface area (Å²) in [6.07, 6.45) is 7.58. The number of hydrogen-bond donors (Lipinski definition) is 1. The molecule has 0 aliphatic carbocycles. The van der Waals surface area contributed by atoms with E-state index in [1.54, 1.807) is 0 Å². The van der Waals surface area contributed by atoms with Crippen molar-refractivity contribution in [3.8, 4) is 0 Å². The first kappa shape index (κ1) is 17.7. The van der Waals surface area contributed by atoms with Gasteiger partial charge in [0.2, 0.25) is 0 Å². The van der Waals surface area contributed by atoms with Crippen LogP contribution in [0.2, 0.25) is 0 Å². The quantitative estimate of drug-likeness (QED) is 0.835. The summed E-state index contributed by atoms with van der Waals surface area (Å²) in [5, 5.41) is 9.51. The van der Waals surface area contributed by atoms with Gasteiger partial charge >= 0.3 is 5.97 Å². The van der Waals surface area contributed by atoms with Crippen LogP contribution in [0.5, 0.6) is 0 Å². The van der Waals surface area contributed by atoms with Crippen molar-refractivity contribution in [3.05, 3.63) is 30.4 Å². The molecule has 1 aliphatic rings. The second-order valence-electron chi connectivity index (χ2n) is 7.27. The predicted molar refractivity (Wildman–Crippen MR) is 90.1 cm³/mol. The minimum Gasteiger partial charge on any atom is -0.480 e. The topological polar surface area (TPSA) is 61.6 Å². The van der Waals surface area contributed by atoms with Crippen LogP contribution in [0.1, 0.15) is 26.6 Å². The lowest BCUT2D eigenvalue weighted by molar-refractivity contribution is -0.142. The van der Waals surface area contributed by atoms with Gasteiger partial charge in [-0.1, -0.05) is 32.9 Å². The SMILES string of the molecule is Cn1ccnc1CN1CCN([C@@H](/C=C/C(C)(C)C)C(=O)O)CC1. The maximum Gasteiger partial charge on any atom is 0.324 e. The van der Waals surface area contributed by atoms with Crippen LogP contribution in [-0.4, -0.2) is 62.6 Å². The van der Waals surface area contributed by atoms with Gasteiger partial charge < -0.3 is 9.67 Å². The zero-order chi connectivity index (χ0) is 17.0. The third-order valence-electron chi connectivity index (χ3n) is 4.12. The van der Waals surface area contributed by atoms with E-state index in [0.29, 0.717) is 0 Å². The summed E-state index contributed by atoms with van der Waals surface area (Å²) in [4.78, 5) is 20.3. The van der Waals surface area contributed by atoms with Crippen LogP contribution in [-0.2, 0) is 18.4 Å². The van der Waals surface area contributed by atoms with Gasteiger partial charge in [0.05, 0.1) is 6.54 Å². The second-order valence-corrected chi connectivity index (χ2v) is 7.27. The molecule has 6 nitrogen and oxygen atoms in total. The molecular weight excluding hydrogens is 292 g/mol. The Labute approximate surface area is 138 Å². The van der Waals surface area contributed by atoms with Gasteiger partial charge in [-0.3, -0.25) is 14.6 Å². The third kappa shape index (κ3) is 5.18. The summed E-state index contributed by atoms with van der Waals surface area (Å²) in [6.45, 7) is 10.3. The molecule has 23 heavy (non-hydrogen) atoms. The van der Waals surface area contributed by atoms with Crippen LogP contribution in [0, 0.1) is 5.41 Å². The molecule has 1 fully saturated rings. The van der Waals surface area contributed by atoms with Crippen LogP contribution < -0.4 is 0 Å². The number of hydrogen-bond acceptors (Lipinski definition) is 4. The van der Waals surface area contributed by atoms with Crippen molar-refractivity contribution in [2.75, 3.05) is 26.2 Å². The Kier molecular flexibility index (Phi) is 5.59. The van der Waals surface area contributed by atoms with Crippen LogP contribution in [0.4, 0.5) is 0 Å². The maximum atomic E-state index is 11.6. The lowest BCUT2D eigenvalue weighted by atomic mass is 9.95. The van der Waals surface area contributed by atoms with Gasteiger partial charge in [-0.15, -0.1) is 0 Å². The van der Waals surface area contributed by atoms with Crippen LogP contribution >= 0.6 is 0 Å². The predicted octanol–water partition coefficient (Wildman–Crippen LogP) is 1.59. The first-order chi connectivity index (χ1) is 10.8. The summed E-state index contributed by atoms with van der Waals surface area (Å²) in [7, 11) is 2.00. The molecule has 1 aromatic rings. The van der Waals surface area contributed by atoms with E-state index in [0.717, 1.165) is 38.5 Å². The smallest absolute Gasteiger partial charge is 0.324 e. The standard InChI is InChI=1S/C17H28N4O2/c1-17(2,3)6-5-14(16(22)23)21-11-9-20(10-12-21)13-15-18-7-8-19(15)4/h5-8,14H,9-13H2,1-4H3,(H,22,23)/b6-5+/t14-/m0/s1. The van der Waals surface area contributed by atoms with E-state index in [2.05, 4.69) is 30.7 Å². The molecule has 128 valence electrons. The molecule has 0 unspecified atom stereocenters. The molecule has 1 saturated heterocycles. The molecule has 0 spiro atoms. The summed E-state index contributed by atoms with van der Waals surface area (Å²) in [5.74, 6) is 0.268. The molecular formula is C17H28N4O2. The molecule has 0 radical (unpaired) electrons. The highest BCUT2D eigenvalue weighted by molar-refractivity contribution is 5.75. The number of aromatic nitrogens is 2. The number of carboxylic acid groups (broad SMARTS) is 1. The van der Waals surface area contributed by atoms with Gasteiger partial charge in [0.15, 0.2) is 0 Å². The average Bonchev–Trinajstić information content (AvgIpc) is 2.84. The average molecular weight is 320 g/mol. The number of carbonyl (C=O) groups is 1. The molecule has 0 bridgehead atoms. The summed E-state index contributed by atoms with van der Waals surface area (Å²) < 4.78 is 2.03. The lowest BCUT2D eigenvalue weighted by Crippen LogP contribution is -2.51. The number of carboxylic acids is 1. The van der Waals surface area contributed by atoms with Crippen molar-refractivity contribution in [2.45, 2.75) is 33.4 Å². The van der Waals surface area contributed by atoms with E-state index >= 15 is 0 Å². The van der Waals surface area contributed by atoms with E-state index in [1.165, 1.54) is 0 Å². The van der Waals surface area contributed by atoms with Gasteiger partial charge in [0, 0.05) is 45.6 Å². The fourth-order valence-corrected chi connectivity index (χ4v) is 2.69. The van der Waals surface area contributed by atoms with E-state index in [1.807, 2.05) is 41.1 Å². The van der Waals surface area contributed by atoms with Gasteiger partial charge in [0.1, 0.15) is 11.9 Å². The van der Waals surface area contributed by atoms with Gasteiger partial charge in [-0.25, -0.2) is 4.98 Å². The maximum absolute atomic E-state index is 11.6. The number of nitrogens with zero attached hydrogens (tertiary/aromatic N) is 4. The molecule has 1 atom stereocenters. The Morgan fingerprint density at radius 1 is 1.35 bits per heavy atom. The fourth-order valence-electron chi connectivity index (χ4n) is 2.69. The highest BCUT2D eigenvalue weighted by atomic mass is 16.4. The monoisotopic (exact) mass is 320 g/mol. The molecule has 0 amide bonds. The number of imidazole rings is 1. The Morgan fingerprint density at radius 3 is 2.48 bits per heavy atom. The van der Waals surface area contributed by atoms with Crippen LogP contribution in [0.25, 0.3) is 0 Å². The van der Waals surface area contributed by atoms with E-state index in [9.17, 15) is 9.90 Å². The van der Waals surface area contributed by atoms with E-state index in [-0.39, 0.29) is 5.41 Å². The second kappa shape index (κ2) is 7.27. The normalized spacial score (nSPS) is 19.3. The summed E-state index contributed by atoms with van der Waals surface area (Å²) in [5.41, 5.74) is -0.00623. The molecule has 0 saturated carbocycles. The van der Waals surface area contributed by atoms with Gasteiger partial charge in [0.25, 0.3) is 0 Å². The molecule has 1 aliphatic heterocycles. The molecule has 2 rings (SSSR count). The Bertz CT molecular complexity index is 551. The first-order valence-electron chi connectivity index (χ1n) is 8.11. The van der Waals surface area contributed by atoms with E-state index < -0.39 is 12.0 Å². The Morgan fingerprint density at radius 2 is 2.00 bits per heavy atom. The van der Waals surface area contributed by atoms with Gasteiger partial charge in [-0.2, -0.15) is 0 Å². The molecule has 0 aromatic carbocycles. The van der Waals surface area contributed by atoms with Crippen molar-refractivity contribution in [3.63, 3.8) is 0 Å². The van der Waals surface area contributed by atoms with Crippen LogP contribution in [0.15, 0.2) is 24.5 Å². The van der Waals surface area contributed by atoms with Crippen molar-refractivity contribution in [2.24, 2.45) is 12.5 Å². The molecule has 1 N–H and O–H groups in total. The fraction of sp³-hybridized carbons (Fsp3) is 0.647. The zero-order valence-electron chi connectivity index (χ0n) is 14.6. The highest BCUT2D eigenvalue weighted by Gasteiger charge is 2.27. The number of aliphatic carboxylic acids is 1. The summed E-state index contributed by atoms with van der Waals surface area (Å²) >= 11 is 0. The van der Waals surface area contributed by atoms with Crippen molar-refractivity contribution in [1.82, 2.24) is 19.4 Å². The minimum atomic E-state index is -0.775. The molecule has 1 aromatic heterocycles. The highest BCUT2D eigenvalue weighted by Crippen LogP contribution is 2.17. The minimum absolute atomic E-state index is 0.00623. The van der Waals surface area contributed by atoms with Crippen molar-refractivity contribution < 1.29 is 9.90 Å². The zero-order valence-corrected chi connectivity index (χ0v) is 14.6. The Balaban J connectivity index is 1.92. The van der Waals surface area contributed by atoms with Crippen molar-refractivity contribution in [1.29, 1.82) is 0 Å². The number of allylic oxidation sites excluding steroid dienone is 1. The number of aryl methyl sites for hydroxylation is 1. The first-order valence-corrected chi connectivity index (χ1v) is 8.11. The molecule has 2 heterocycles. The number of rotatable bonds is 5. The van der Waals surface area contributed by atoms with E-state index in [4.69, 9.17) is 0 Å². The lowest BCUT2D eigenvalue weighted by Gasteiger charge is -2.36. The molecule has 6 heteroatoms. The van der Waals surface area contributed by atoms with Crippen molar-refractivity contribution >= 4 is 5.97 Å².